The van der Waals surface area contributed by atoms with Gasteiger partial charge < -0.3 is 0 Å². The zero-order valence-electron chi connectivity index (χ0n) is 8.87. The first-order chi connectivity index (χ1) is 6.48. The Kier molecular flexibility index (Phi) is 7.28. The summed E-state index contributed by atoms with van der Waals surface area (Å²) in [6.07, 6.45) is 9.01. The second-order valence-corrected chi connectivity index (χ2v) is 6.52. The highest BCUT2D eigenvalue weighted by Gasteiger charge is 2.15. The molecule has 0 saturated heterocycles. The second-order valence-electron chi connectivity index (χ2n) is 3.48. The van der Waals surface area contributed by atoms with Gasteiger partial charge >= 0.3 is 0 Å². The maximum atomic E-state index is 10.8. The minimum atomic E-state index is -3.36. The van der Waals surface area contributed by atoms with Crippen LogP contribution < -0.4 is 0 Å². The molecule has 0 aliphatic carbocycles. The quantitative estimate of drug-likeness (QED) is 0.387. The van der Waals surface area contributed by atoms with E-state index >= 15 is 0 Å². The molecule has 0 aromatic heterocycles. The third kappa shape index (κ3) is 7.39. The van der Waals surface area contributed by atoms with Gasteiger partial charge in [0.2, 0.25) is 9.05 Å². The summed E-state index contributed by atoms with van der Waals surface area (Å²) >= 11 is 0. The molecule has 0 spiro atoms. The SMILES string of the molecule is CCCCC=CCCC(C)S(=O)(=O)Cl. The van der Waals surface area contributed by atoms with Crippen molar-refractivity contribution in [2.45, 2.75) is 51.2 Å². The summed E-state index contributed by atoms with van der Waals surface area (Å²) in [4.78, 5) is 0. The predicted molar refractivity (Wildman–Crippen MR) is 62.1 cm³/mol. The molecule has 1 unspecified atom stereocenters. The van der Waals surface area contributed by atoms with Gasteiger partial charge in [-0.1, -0.05) is 31.9 Å². The first-order valence-electron chi connectivity index (χ1n) is 5.07. The van der Waals surface area contributed by atoms with Gasteiger partial charge in [-0.25, -0.2) is 8.42 Å². The van der Waals surface area contributed by atoms with Gasteiger partial charge in [-0.2, -0.15) is 0 Å². The highest BCUT2D eigenvalue weighted by Crippen LogP contribution is 2.12. The zero-order chi connectivity index (χ0) is 11.0. The van der Waals surface area contributed by atoms with Crippen LogP contribution in [0.15, 0.2) is 12.2 Å². The molecule has 2 nitrogen and oxygen atoms in total. The van der Waals surface area contributed by atoms with Crippen LogP contribution in [0.25, 0.3) is 0 Å². The Hall–Kier alpha value is -0.0200. The minimum absolute atomic E-state index is 0.444. The Morgan fingerprint density at radius 1 is 1.29 bits per heavy atom. The molecule has 0 radical (unpaired) electrons. The van der Waals surface area contributed by atoms with Gasteiger partial charge in [0.1, 0.15) is 0 Å². The van der Waals surface area contributed by atoms with E-state index in [9.17, 15) is 8.42 Å². The van der Waals surface area contributed by atoms with Crippen molar-refractivity contribution in [3.8, 4) is 0 Å². The van der Waals surface area contributed by atoms with E-state index in [4.69, 9.17) is 10.7 Å². The molecule has 0 amide bonds. The number of hydrogen-bond acceptors (Lipinski definition) is 2. The van der Waals surface area contributed by atoms with Crippen LogP contribution in [-0.2, 0) is 9.05 Å². The molecule has 0 aromatic carbocycles. The Morgan fingerprint density at radius 2 is 1.86 bits per heavy atom. The summed E-state index contributed by atoms with van der Waals surface area (Å²) in [7, 11) is 1.83. The highest BCUT2D eigenvalue weighted by molar-refractivity contribution is 8.14. The number of rotatable bonds is 7. The topological polar surface area (TPSA) is 34.1 Å². The lowest BCUT2D eigenvalue weighted by Gasteiger charge is -2.03. The summed E-state index contributed by atoms with van der Waals surface area (Å²) in [5, 5.41) is -0.444. The molecule has 0 aliphatic rings. The lowest BCUT2D eigenvalue weighted by molar-refractivity contribution is 0.592. The van der Waals surface area contributed by atoms with Crippen LogP contribution in [-0.4, -0.2) is 13.7 Å². The molecule has 4 heteroatoms. The Bertz CT molecular complexity index is 257. The highest BCUT2D eigenvalue weighted by atomic mass is 35.7. The summed E-state index contributed by atoms with van der Waals surface area (Å²) in [5.41, 5.74) is 0. The van der Waals surface area contributed by atoms with Crippen LogP contribution in [0.3, 0.4) is 0 Å². The predicted octanol–water partition coefficient (Wildman–Crippen LogP) is 3.47. The third-order valence-electron chi connectivity index (χ3n) is 2.11. The zero-order valence-corrected chi connectivity index (χ0v) is 10.4. The number of allylic oxidation sites excluding steroid dienone is 2. The van der Waals surface area contributed by atoms with Crippen LogP contribution in [0.4, 0.5) is 0 Å². The molecule has 84 valence electrons. The van der Waals surface area contributed by atoms with Crippen LogP contribution in [0.5, 0.6) is 0 Å². The molecule has 1 atom stereocenters. The molecule has 0 aromatic rings. The summed E-state index contributed by atoms with van der Waals surface area (Å²) in [5.74, 6) is 0. The molecule has 14 heavy (non-hydrogen) atoms. The molecular formula is C10H19ClO2S. The van der Waals surface area contributed by atoms with E-state index in [2.05, 4.69) is 13.0 Å². The monoisotopic (exact) mass is 238 g/mol. The van der Waals surface area contributed by atoms with Gasteiger partial charge in [-0.05, 0) is 26.2 Å². The van der Waals surface area contributed by atoms with Gasteiger partial charge in [-0.15, -0.1) is 0 Å². The second kappa shape index (κ2) is 7.30. The van der Waals surface area contributed by atoms with Crippen molar-refractivity contribution in [3.63, 3.8) is 0 Å². The fraction of sp³-hybridized carbons (Fsp3) is 0.800. The first kappa shape index (κ1) is 14.0. The van der Waals surface area contributed by atoms with Crippen LogP contribution in [0.1, 0.15) is 46.0 Å². The van der Waals surface area contributed by atoms with E-state index in [1.54, 1.807) is 6.92 Å². The van der Waals surface area contributed by atoms with Crippen molar-refractivity contribution < 1.29 is 8.42 Å². The van der Waals surface area contributed by atoms with Crippen LogP contribution in [0.2, 0.25) is 0 Å². The number of unbranched alkanes of at least 4 members (excludes halogenated alkanes) is 2. The lowest BCUT2D eigenvalue weighted by Crippen LogP contribution is -2.10. The average Bonchev–Trinajstić information content (AvgIpc) is 2.09. The molecule has 0 aliphatic heterocycles. The fourth-order valence-electron chi connectivity index (χ4n) is 1.03. The van der Waals surface area contributed by atoms with Crippen molar-refractivity contribution in [2.24, 2.45) is 0 Å². The largest absolute Gasteiger partial charge is 0.235 e. The molecule has 0 fully saturated rings. The maximum Gasteiger partial charge on any atom is 0.235 e. The first-order valence-corrected chi connectivity index (χ1v) is 7.44. The molecule has 0 bridgehead atoms. The fourth-order valence-corrected chi connectivity index (χ4v) is 1.71. The number of hydrogen-bond donors (Lipinski definition) is 0. The lowest BCUT2D eigenvalue weighted by atomic mass is 10.2. The van der Waals surface area contributed by atoms with Gasteiger partial charge in [0, 0.05) is 10.7 Å². The van der Waals surface area contributed by atoms with Gasteiger partial charge in [0.05, 0.1) is 5.25 Å². The van der Waals surface area contributed by atoms with E-state index in [0.717, 1.165) is 12.8 Å². The molecule has 0 N–H and O–H groups in total. The molecule has 0 rings (SSSR count). The Labute approximate surface area is 91.8 Å². The van der Waals surface area contributed by atoms with Crippen molar-refractivity contribution in [3.05, 3.63) is 12.2 Å². The number of halogens is 1. The Balaban J connectivity index is 3.59. The maximum absolute atomic E-state index is 10.8. The van der Waals surface area contributed by atoms with Crippen LogP contribution in [0, 0.1) is 0 Å². The Morgan fingerprint density at radius 3 is 2.36 bits per heavy atom. The van der Waals surface area contributed by atoms with E-state index < -0.39 is 14.3 Å². The smallest absolute Gasteiger partial charge is 0.212 e. The summed E-state index contributed by atoms with van der Waals surface area (Å²) in [6.45, 7) is 3.79. The molecular weight excluding hydrogens is 220 g/mol. The van der Waals surface area contributed by atoms with Gasteiger partial charge in [0.25, 0.3) is 0 Å². The summed E-state index contributed by atoms with van der Waals surface area (Å²) < 4.78 is 21.7. The van der Waals surface area contributed by atoms with Gasteiger partial charge in [0.15, 0.2) is 0 Å². The third-order valence-corrected chi connectivity index (χ3v) is 4.22. The molecule has 0 saturated carbocycles. The standard InChI is InChI=1S/C10H19ClO2S/c1-3-4-5-6-7-8-9-10(2)14(11,12)13/h6-7,10H,3-5,8-9H2,1-2H3. The van der Waals surface area contributed by atoms with Gasteiger partial charge in [-0.3, -0.25) is 0 Å². The molecule has 0 heterocycles. The van der Waals surface area contributed by atoms with Crippen molar-refractivity contribution in [1.82, 2.24) is 0 Å². The van der Waals surface area contributed by atoms with E-state index in [1.165, 1.54) is 12.8 Å². The summed E-state index contributed by atoms with van der Waals surface area (Å²) in [6, 6.07) is 0. The average molecular weight is 239 g/mol. The van der Waals surface area contributed by atoms with Crippen molar-refractivity contribution in [2.75, 3.05) is 0 Å². The van der Waals surface area contributed by atoms with Crippen molar-refractivity contribution in [1.29, 1.82) is 0 Å². The normalized spacial score (nSPS) is 14.8. The van der Waals surface area contributed by atoms with E-state index in [0.29, 0.717) is 6.42 Å². The van der Waals surface area contributed by atoms with Crippen molar-refractivity contribution >= 4 is 19.7 Å². The minimum Gasteiger partial charge on any atom is -0.212 e. The van der Waals surface area contributed by atoms with E-state index in [1.807, 2.05) is 6.08 Å². The van der Waals surface area contributed by atoms with Crippen LogP contribution >= 0.6 is 10.7 Å². The van der Waals surface area contributed by atoms with E-state index in [-0.39, 0.29) is 0 Å².